The molecule has 0 bridgehead atoms. The molecule has 2 unspecified atom stereocenters. The van der Waals surface area contributed by atoms with Gasteiger partial charge in [0.05, 0.1) is 0 Å². The summed E-state index contributed by atoms with van der Waals surface area (Å²) < 4.78 is 0. The van der Waals surface area contributed by atoms with E-state index in [0.717, 1.165) is 12.0 Å². The molecule has 3 aliphatic rings. The van der Waals surface area contributed by atoms with Gasteiger partial charge in [0.2, 0.25) is 0 Å². The van der Waals surface area contributed by atoms with E-state index in [4.69, 9.17) is 4.98 Å². The van der Waals surface area contributed by atoms with Crippen LogP contribution in [0, 0.1) is 5.92 Å². The van der Waals surface area contributed by atoms with Gasteiger partial charge in [-0.1, -0.05) is 13.0 Å². The number of hydrogen-bond donors (Lipinski definition) is 0. The Morgan fingerprint density at radius 1 is 1.09 bits per heavy atom. The maximum Gasteiger partial charge on any atom is 0.128 e. The molecular formula is C19H29N3. The highest BCUT2D eigenvalue weighted by Gasteiger charge is 2.35. The Morgan fingerprint density at radius 3 is 2.77 bits per heavy atom. The average Bonchev–Trinajstić information content (AvgIpc) is 3.08. The van der Waals surface area contributed by atoms with Crippen molar-refractivity contribution in [2.24, 2.45) is 5.92 Å². The van der Waals surface area contributed by atoms with Gasteiger partial charge < -0.3 is 4.90 Å². The van der Waals surface area contributed by atoms with Gasteiger partial charge in [-0.2, -0.15) is 0 Å². The molecule has 0 saturated carbocycles. The highest BCUT2D eigenvalue weighted by Crippen LogP contribution is 2.35. The SMILES string of the molecule is CCCN1CCCC2Cc3nc(N4CCCC4)ccc3CC21. The van der Waals surface area contributed by atoms with E-state index in [9.17, 15) is 0 Å². The number of likely N-dealkylation sites (tertiary alicyclic amines) is 1. The summed E-state index contributed by atoms with van der Waals surface area (Å²) in [4.78, 5) is 10.3. The Hall–Kier alpha value is -1.09. The monoisotopic (exact) mass is 299 g/mol. The van der Waals surface area contributed by atoms with Crippen molar-refractivity contribution >= 4 is 5.82 Å². The molecule has 2 aliphatic heterocycles. The van der Waals surface area contributed by atoms with Gasteiger partial charge in [0.25, 0.3) is 0 Å². The van der Waals surface area contributed by atoms with Crippen molar-refractivity contribution < 1.29 is 0 Å². The summed E-state index contributed by atoms with van der Waals surface area (Å²) in [6.45, 7) is 7.29. The molecule has 3 nitrogen and oxygen atoms in total. The molecule has 0 aromatic carbocycles. The first kappa shape index (κ1) is 14.5. The van der Waals surface area contributed by atoms with Crippen LogP contribution in [-0.4, -0.2) is 42.1 Å². The zero-order valence-corrected chi connectivity index (χ0v) is 13.9. The fraction of sp³-hybridized carbons (Fsp3) is 0.737. The van der Waals surface area contributed by atoms with E-state index < -0.39 is 0 Å². The van der Waals surface area contributed by atoms with Crippen LogP contribution in [0.4, 0.5) is 5.82 Å². The molecule has 0 amide bonds. The van der Waals surface area contributed by atoms with E-state index in [0.29, 0.717) is 0 Å². The predicted molar refractivity (Wildman–Crippen MR) is 91.5 cm³/mol. The Bertz CT molecular complexity index is 519. The molecule has 4 rings (SSSR count). The summed E-state index contributed by atoms with van der Waals surface area (Å²) in [6.07, 6.45) is 9.16. The van der Waals surface area contributed by atoms with Gasteiger partial charge in [-0.15, -0.1) is 0 Å². The van der Waals surface area contributed by atoms with Gasteiger partial charge in [-0.05, 0) is 75.6 Å². The Morgan fingerprint density at radius 2 is 1.95 bits per heavy atom. The summed E-state index contributed by atoms with van der Waals surface area (Å²) in [5, 5.41) is 0. The van der Waals surface area contributed by atoms with Crippen LogP contribution in [-0.2, 0) is 12.8 Å². The quantitative estimate of drug-likeness (QED) is 0.854. The zero-order valence-electron chi connectivity index (χ0n) is 13.9. The molecule has 2 saturated heterocycles. The summed E-state index contributed by atoms with van der Waals surface area (Å²) >= 11 is 0. The van der Waals surface area contributed by atoms with Crippen LogP contribution < -0.4 is 4.90 Å². The fourth-order valence-electron chi connectivity index (χ4n) is 4.79. The Labute approximate surface area is 134 Å². The molecule has 1 aromatic heterocycles. The highest BCUT2D eigenvalue weighted by atomic mass is 15.2. The molecule has 2 fully saturated rings. The Kier molecular flexibility index (Phi) is 4.08. The van der Waals surface area contributed by atoms with Crippen LogP contribution in [0.15, 0.2) is 12.1 Å². The largest absolute Gasteiger partial charge is 0.357 e. The van der Waals surface area contributed by atoms with Gasteiger partial charge in [-0.3, -0.25) is 4.90 Å². The normalized spacial score (nSPS) is 28.5. The van der Waals surface area contributed by atoms with Crippen molar-refractivity contribution in [2.45, 2.75) is 57.9 Å². The number of aromatic nitrogens is 1. The molecule has 120 valence electrons. The van der Waals surface area contributed by atoms with Crippen LogP contribution in [0.1, 0.15) is 50.3 Å². The van der Waals surface area contributed by atoms with Gasteiger partial charge in [0.15, 0.2) is 0 Å². The van der Waals surface area contributed by atoms with E-state index >= 15 is 0 Å². The summed E-state index contributed by atoms with van der Waals surface area (Å²) in [5.41, 5.74) is 2.93. The van der Waals surface area contributed by atoms with E-state index in [1.807, 2.05) is 0 Å². The van der Waals surface area contributed by atoms with Crippen LogP contribution in [0.5, 0.6) is 0 Å². The number of piperidine rings is 1. The van der Waals surface area contributed by atoms with E-state index in [1.165, 1.54) is 88.2 Å². The third kappa shape index (κ3) is 2.64. The van der Waals surface area contributed by atoms with Gasteiger partial charge >= 0.3 is 0 Å². The molecular weight excluding hydrogens is 270 g/mol. The highest BCUT2D eigenvalue weighted by molar-refractivity contribution is 5.43. The lowest BCUT2D eigenvalue weighted by Gasteiger charge is -2.44. The minimum absolute atomic E-state index is 0.778. The van der Waals surface area contributed by atoms with Crippen LogP contribution in [0.3, 0.4) is 0 Å². The predicted octanol–water partition coefficient (Wildman–Crippen LogP) is 3.27. The van der Waals surface area contributed by atoms with Crippen molar-refractivity contribution in [3.8, 4) is 0 Å². The lowest BCUT2D eigenvalue weighted by molar-refractivity contribution is 0.0846. The molecule has 0 N–H and O–H groups in total. The summed E-state index contributed by atoms with van der Waals surface area (Å²) in [6, 6.07) is 5.43. The van der Waals surface area contributed by atoms with Crippen LogP contribution in [0.25, 0.3) is 0 Å². The maximum atomic E-state index is 5.06. The van der Waals surface area contributed by atoms with Crippen molar-refractivity contribution in [1.29, 1.82) is 0 Å². The first-order valence-corrected chi connectivity index (χ1v) is 9.33. The minimum Gasteiger partial charge on any atom is -0.357 e. The second-order valence-corrected chi connectivity index (χ2v) is 7.38. The van der Waals surface area contributed by atoms with Crippen LogP contribution in [0.2, 0.25) is 0 Å². The molecule has 0 spiro atoms. The molecule has 1 aliphatic carbocycles. The summed E-state index contributed by atoms with van der Waals surface area (Å²) in [7, 11) is 0. The zero-order chi connectivity index (χ0) is 14.9. The van der Waals surface area contributed by atoms with E-state index in [1.54, 1.807) is 0 Å². The third-order valence-electron chi connectivity index (χ3n) is 5.91. The van der Waals surface area contributed by atoms with Crippen molar-refractivity contribution in [2.75, 3.05) is 31.1 Å². The number of pyridine rings is 1. The number of hydrogen-bond acceptors (Lipinski definition) is 3. The van der Waals surface area contributed by atoms with E-state index in [2.05, 4.69) is 28.9 Å². The molecule has 3 heterocycles. The summed E-state index contributed by atoms with van der Waals surface area (Å²) in [5.74, 6) is 2.07. The number of nitrogens with zero attached hydrogens (tertiary/aromatic N) is 3. The van der Waals surface area contributed by atoms with Gasteiger partial charge in [0, 0.05) is 24.8 Å². The smallest absolute Gasteiger partial charge is 0.128 e. The minimum atomic E-state index is 0.778. The standard InChI is InChI=1S/C19H29N3/c1-2-9-21-12-5-6-16-13-17-15(14-18(16)21)7-8-19(20-17)22-10-3-4-11-22/h7-8,16,18H,2-6,9-14H2,1H3. The lowest BCUT2D eigenvalue weighted by Crippen LogP contribution is -2.49. The van der Waals surface area contributed by atoms with Crippen molar-refractivity contribution in [1.82, 2.24) is 9.88 Å². The van der Waals surface area contributed by atoms with Crippen LogP contribution >= 0.6 is 0 Å². The molecule has 2 atom stereocenters. The second-order valence-electron chi connectivity index (χ2n) is 7.38. The first-order chi connectivity index (χ1) is 10.8. The first-order valence-electron chi connectivity index (χ1n) is 9.33. The molecule has 22 heavy (non-hydrogen) atoms. The molecule has 0 radical (unpaired) electrons. The van der Waals surface area contributed by atoms with Crippen molar-refractivity contribution in [3.05, 3.63) is 23.4 Å². The number of anilines is 1. The van der Waals surface area contributed by atoms with Crippen molar-refractivity contribution in [3.63, 3.8) is 0 Å². The maximum absolute atomic E-state index is 5.06. The topological polar surface area (TPSA) is 19.4 Å². The Balaban J connectivity index is 1.56. The lowest BCUT2D eigenvalue weighted by atomic mass is 9.77. The van der Waals surface area contributed by atoms with Gasteiger partial charge in [-0.25, -0.2) is 4.98 Å². The van der Waals surface area contributed by atoms with E-state index in [-0.39, 0.29) is 0 Å². The van der Waals surface area contributed by atoms with Gasteiger partial charge in [0.1, 0.15) is 5.82 Å². The number of fused-ring (bicyclic) bond motifs is 2. The average molecular weight is 299 g/mol. The third-order valence-corrected chi connectivity index (χ3v) is 5.91. The fourth-order valence-corrected chi connectivity index (χ4v) is 4.79. The number of rotatable bonds is 3. The second kappa shape index (κ2) is 6.19. The molecule has 1 aromatic rings. The molecule has 3 heteroatoms.